The monoisotopic (exact) mass is 421 g/mol. The van der Waals surface area contributed by atoms with Crippen molar-refractivity contribution in [3.8, 4) is 45.3 Å². The third kappa shape index (κ3) is 3.88. The lowest BCUT2D eigenvalue weighted by Crippen LogP contribution is -2.02. The molecule has 154 valence electrons. The van der Waals surface area contributed by atoms with E-state index in [1.165, 1.54) is 18.2 Å². The summed E-state index contributed by atoms with van der Waals surface area (Å²) in [5, 5.41) is 0. The molecule has 3 nitrogen and oxygen atoms in total. The average Bonchev–Trinajstić information content (AvgIpc) is 2.85. The van der Waals surface area contributed by atoms with E-state index in [0.717, 1.165) is 11.1 Å². The minimum Gasteiger partial charge on any atom is -0.208 e. The maximum absolute atomic E-state index is 15.0. The summed E-state index contributed by atoms with van der Waals surface area (Å²) in [4.78, 5) is 14.0. The lowest BCUT2D eigenvalue weighted by atomic mass is 9.98. The summed E-state index contributed by atoms with van der Waals surface area (Å²) >= 11 is 0. The van der Waals surface area contributed by atoms with E-state index in [2.05, 4.69) is 15.0 Å². The third-order valence-electron chi connectivity index (χ3n) is 5.07. The van der Waals surface area contributed by atoms with Gasteiger partial charge in [0.2, 0.25) is 0 Å². The van der Waals surface area contributed by atoms with Crippen molar-refractivity contribution in [1.82, 2.24) is 15.0 Å². The molecule has 5 heteroatoms. The lowest BCUT2D eigenvalue weighted by molar-refractivity contribution is 0.625. The van der Waals surface area contributed by atoms with Gasteiger partial charge in [-0.25, -0.2) is 23.7 Å². The van der Waals surface area contributed by atoms with Crippen molar-refractivity contribution in [3.05, 3.63) is 115 Å². The minimum atomic E-state index is -0.476. The largest absolute Gasteiger partial charge is 0.208 e. The first kappa shape index (κ1) is 19.7. The normalized spacial score (nSPS) is 10.8. The first-order valence-electron chi connectivity index (χ1n) is 10.1. The molecule has 0 fully saturated rings. The number of hydrogen-bond acceptors (Lipinski definition) is 3. The van der Waals surface area contributed by atoms with Crippen LogP contribution in [-0.2, 0) is 0 Å². The molecule has 4 aromatic carbocycles. The highest BCUT2D eigenvalue weighted by Gasteiger charge is 2.18. The molecular formula is C27H17F2N3. The van der Waals surface area contributed by atoms with Crippen molar-refractivity contribution >= 4 is 0 Å². The summed E-state index contributed by atoms with van der Waals surface area (Å²) in [5.74, 6) is 0.350. The Labute approximate surface area is 184 Å². The van der Waals surface area contributed by atoms with Crippen molar-refractivity contribution in [2.75, 3.05) is 0 Å². The Morgan fingerprint density at radius 2 is 1.00 bits per heavy atom. The van der Waals surface area contributed by atoms with Crippen LogP contribution < -0.4 is 0 Å². The number of halogens is 2. The molecule has 0 aliphatic heterocycles. The van der Waals surface area contributed by atoms with Gasteiger partial charge in [-0.3, -0.25) is 0 Å². The molecule has 0 saturated heterocycles. The molecule has 0 bridgehead atoms. The Bertz CT molecular complexity index is 1330. The predicted molar refractivity (Wildman–Crippen MR) is 121 cm³/mol. The highest BCUT2D eigenvalue weighted by Crippen LogP contribution is 2.34. The maximum atomic E-state index is 15.0. The zero-order chi connectivity index (χ0) is 21.9. The quantitative estimate of drug-likeness (QED) is 0.320. The molecule has 32 heavy (non-hydrogen) atoms. The summed E-state index contributed by atoms with van der Waals surface area (Å²) in [6.45, 7) is 0. The van der Waals surface area contributed by atoms with Crippen LogP contribution in [0.5, 0.6) is 0 Å². The third-order valence-corrected chi connectivity index (χ3v) is 5.07. The second kappa shape index (κ2) is 8.47. The Morgan fingerprint density at radius 1 is 0.469 bits per heavy atom. The fourth-order valence-corrected chi connectivity index (χ4v) is 3.58. The fraction of sp³-hybridized carbons (Fsp3) is 0. The first-order chi connectivity index (χ1) is 15.7. The lowest BCUT2D eigenvalue weighted by Gasteiger charge is -2.13. The van der Waals surface area contributed by atoms with Crippen molar-refractivity contribution < 1.29 is 8.78 Å². The van der Waals surface area contributed by atoms with Crippen molar-refractivity contribution in [2.24, 2.45) is 0 Å². The van der Waals surface area contributed by atoms with E-state index in [-0.39, 0.29) is 5.56 Å². The van der Waals surface area contributed by atoms with Crippen LogP contribution in [0.15, 0.2) is 103 Å². The van der Waals surface area contributed by atoms with Crippen molar-refractivity contribution in [1.29, 1.82) is 0 Å². The van der Waals surface area contributed by atoms with Gasteiger partial charge in [-0.2, -0.15) is 0 Å². The molecule has 0 spiro atoms. The van der Waals surface area contributed by atoms with Crippen LogP contribution in [0.3, 0.4) is 0 Å². The van der Waals surface area contributed by atoms with E-state index < -0.39 is 11.6 Å². The van der Waals surface area contributed by atoms with Crippen LogP contribution >= 0.6 is 0 Å². The topological polar surface area (TPSA) is 38.7 Å². The van der Waals surface area contributed by atoms with Crippen LogP contribution in [-0.4, -0.2) is 15.0 Å². The Morgan fingerprint density at radius 3 is 1.59 bits per heavy atom. The summed E-state index contributed by atoms with van der Waals surface area (Å²) in [6, 6.07) is 29.6. The molecule has 1 aromatic heterocycles. The predicted octanol–water partition coefficient (Wildman–Crippen LogP) is 6.82. The minimum absolute atomic E-state index is 0.247. The summed E-state index contributed by atoms with van der Waals surface area (Å²) in [7, 11) is 0. The molecule has 0 radical (unpaired) electrons. The summed E-state index contributed by atoms with van der Waals surface area (Å²) in [6.07, 6.45) is 0. The number of nitrogens with zero attached hydrogens (tertiary/aromatic N) is 3. The molecule has 0 amide bonds. The number of rotatable bonds is 4. The summed E-state index contributed by atoms with van der Waals surface area (Å²) in [5.41, 5.74) is 2.76. The van der Waals surface area contributed by atoms with Gasteiger partial charge < -0.3 is 0 Å². The zero-order valence-electron chi connectivity index (χ0n) is 16.9. The van der Waals surface area contributed by atoms with Gasteiger partial charge >= 0.3 is 0 Å². The van der Waals surface area contributed by atoms with Gasteiger partial charge in [0.25, 0.3) is 0 Å². The van der Waals surface area contributed by atoms with Gasteiger partial charge in [0.05, 0.1) is 0 Å². The van der Waals surface area contributed by atoms with Crippen LogP contribution in [0.1, 0.15) is 0 Å². The highest BCUT2D eigenvalue weighted by molar-refractivity contribution is 5.82. The maximum Gasteiger partial charge on any atom is 0.164 e. The van der Waals surface area contributed by atoms with E-state index in [9.17, 15) is 4.39 Å². The molecule has 0 aliphatic rings. The second-order valence-corrected chi connectivity index (χ2v) is 7.21. The SMILES string of the molecule is Fc1cccc(-c2c(F)cccc2-c2nc(-c3ccccc3)nc(-c3ccccc3)n2)c1. The Hall–Kier alpha value is -4.25. The number of hydrogen-bond donors (Lipinski definition) is 0. The fourth-order valence-electron chi connectivity index (χ4n) is 3.58. The van der Waals surface area contributed by atoms with Gasteiger partial charge in [-0.15, -0.1) is 0 Å². The van der Waals surface area contributed by atoms with E-state index in [4.69, 9.17) is 0 Å². The standard InChI is InChI=1S/C27H17F2N3/c28-21-14-7-13-20(17-21)24-22(15-8-16-23(24)29)27-31-25(18-9-3-1-4-10-18)30-26(32-27)19-11-5-2-6-12-19/h1-17H. The van der Waals surface area contributed by atoms with E-state index >= 15 is 4.39 Å². The van der Waals surface area contributed by atoms with Gasteiger partial charge in [0.15, 0.2) is 17.5 Å². The zero-order valence-corrected chi connectivity index (χ0v) is 16.9. The Kier molecular flexibility index (Phi) is 5.22. The van der Waals surface area contributed by atoms with Crippen LogP contribution in [0, 0.1) is 11.6 Å². The van der Waals surface area contributed by atoms with E-state index in [1.807, 2.05) is 60.7 Å². The Balaban J connectivity index is 1.77. The van der Waals surface area contributed by atoms with Gasteiger partial charge in [0, 0.05) is 22.3 Å². The average molecular weight is 421 g/mol. The van der Waals surface area contributed by atoms with Crippen LogP contribution in [0.4, 0.5) is 8.78 Å². The van der Waals surface area contributed by atoms with Gasteiger partial charge in [-0.1, -0.05) is 84.9 Å². The van der Waals surface area contributed by atoms with Crippen LogP contribution in [0.25, 0.3) is 45.3 Å². The molecule has 0 atom stereocenters. The summed E-state index contributed by atoms with van der Waals surface area (Å²) < 4.78 is 28.9. The molecule has 0 saturated carbocycles. The van der Waals surface area contributed by atoms with Crippen molar-refractivity contribution in [2.45, 2.75) is 0 Å². The number of benzene rings is 4. The molecule has 1 heterocycles. The molecule has 5 aromatic rings. The number of aromatic nitrogens is 3. The first-order valence-corrected chi connectivity index (χ1v) is 10.1. The molecular weight excluding hydrogens is 404 g/mol. The van der Waals surface area contributed by atoms with E-state index in [1.54, 1.807) is 24.3 Å². The van der Waals surface area contributed by atoms with E-state index in [0.29, 0.717) is 28.6 Å². The van der Waals surface area contributed by atoms with Crippen LogP contribution in [0.2, 0.25) is 0 Å². The molecule has 0 N–H and O–H groups in total. The van der Waals surface area contributed by atoms with Gasteiger partial charge in [-0.05, 0) is 23.8 Å². The van der Waals surface area contributed by atoms with Crippen molar-refractivity contribution in [3.63, 3.8) is 0 Å². The highest BCUT2D eigenvalue weighted by atomic mass is 19.1. The molecule has 0 aliphatic carbocycles. The molecule has 5 rings (SSSR count). The second-order valence-electron chi connectivity index (χ2n) is 7.21. The van der Waals surface area contributed by atoms with Gasteiger partial charge in [0.1, 0.15) is 11.6 Å². The smallest absolute Gasteiger partial charge is 0.164 e. The molecule has 0 unspecified atom stereocenters.